The average Bonchev–Trinajstić information content (AvgIpc) is 2.64. The Morgan fingerprint density at radius 1 is 1.12 bits per heavy atom. The monoisotopic (exact) mass is 399 g/mol. The van der Waals surface area contributed by atoms with E-state index in [9.17, 15) is 4.79 Å². The van der Waals surface area contributed by atoms with E-state index in [1.807, 2.05) is 44.2 Å². The Labute approximate surface area is 154 Å². The highest BCUT2D eigenvalue weighted by Gasteiger charge is 2.22. The number of aldehydes is 1. The van der Waals surface area contributed by atoms with Crippen molar-refractivity contribution < 1.29 is 14.3 Å². The molecule has 0 N–H and O–H groups in total. The molecule has 5 heteroatoms. The van der Waals surface area contributed by atoms with Gasteiger partial charge in [-0.2, -0.15) is 0 Å². The van der Waals surface area contributed by atoms with Crippen molar-refractivity contribution >= 4 is 33.0 Å². The van der Waals surface area contributed by atoms with E-state index in [4.69, 9.17) is 9.47 Å². The standard InChI is InChI=1S/C20H18BrNO3/c1-3-24-16-11-14(12-23)17(20(18(16)21)25-4-2)19-15-8-6-5-7-13(15)9-10-22-19/h5-12H,3-4H2,1-2H3. The molecular weight excluding hydrogens is 382 g/mol. The Morgan fingerprint density at radius 2 is 1.88 bits per heavy atom. The Bertz CT molecular complexity index is 919. The highest BCUT2D eigenvalue weighted by Crippen LogP contribution is 2.45. The summed E-state index contributed by atoms with van der Waals surface area (Å²) >= 11 is 3.57. The second kappa shape index (κ2) is 7.66. The van der Waals surface area contributed by atoms with E-state index < -0.39 is 0 Å². The molecule has 25 heavy (non-hydrogen) atoms. The summed E-state index contributed by atoms with van der Waals surface area (Å²) < 4.78 is 12.2. The molecule has 3 rings (SSSR count). The maximum atomic E-state index is 11.8. The number of fused-ring (bicyclic) bond motifs is 1. The molecule has 4 nitrogen and oxygen atoms in total. The lowest BCUT2D eigenvalue weighted by Gasteiger charge is -2.18. The molecule has 0 radical (unpaired) electrons. The van der Waals surface area contributed by atoms with Gasteiger partial charge in [0, 0.05) is 17.1 Å². The number of ether oxygens (including phenoxy) is 2. The molecule has 1 aromatic heterocycles. The number of halogens is 1. The normalized spacial score (nSPS) is 10.7. The summed E-state index contributed by atoms with van der Waals surface area (Å²) in [5.41, 5.74) is 1.87. The molecule has 0 amide bonds. The summed E-state index contributed by atoms with van der Waals surface area (Å²) in [6.07, 6.45) is 2.56. The van der Waals surface area contributed by atoms with Crippen LogP contribution in [0.1, 0.15) is 24.2 Å². The fourth-order valence-corrected chi connectivity index (χ4v) is 3.37. The Balaban J connectivity index is 2.37. The van der Waals surface area contributed by atoms with Crippen LogP contribution in [0.4, 0.5) is 0 Å². The van der Waals surface area contributed by atoms with Gasteiger partial charge in [-0.3, -0.25) is 9.78 Å². The summed E-state index contributed by atoms with van der Waals surface area (Å²) in [6.45, 7) is 4.76. The molecular formula is C20H18BrNO3. The van der Waals surface area contributed by atoms with E-state index in [1.54, 1.807) is 12.3 Å². The number of nitrogens with zero attached hydrogens (tertiary/aromatic N) is 1. The van der Waals surface area contributed by atoms with Crippen molar-refractivity contribution in [3.63, 3.8) is 0 Å². The molecule has 0 spiro atoms. The van der Waals surface area contributed by atoms with Crippen LogP contribution in [0.3, 0.4) is 0 Å². The van der Waals surface area contributed by atoms with Crippen molar-refractivity contribution in [2.24, 2.45) is 0 Å². The second-order valence-corrected chi connectivity index (χ2v) is 6.14. The van der Waals surface area contributed by atoms with Crippen LogP contribution in [-0.2, 0) is 0 Å². The lowest BCUT2D eigenvalue weighted by molar-refractivity contribution is 0.112. The minimum absolute atomic E-state index is 0.463. The lowest BCUT2D eigenvalue weighted by Crippen LogP contribution is -2.03. The van der Waals surface area contributed by atoms with Crippen molar-refractivity contribution in [3.8, 4) is 22.8 Å². The molecule has 3 aromatic rings. The van der Waals surface area contributed by atoms with Gasteiger partial charge in [0.15, 0.2) is 6.29 Å². The van der Waals surface area contributed by atoms with Gasteiger partial charge in [-0.1, -0.05) is 24.3 Å². The first-order valence-corrected chi connectivity index (χ1v) is 8.91. The van der Waals surface area contributed by atoms with E-state index in [0.29, 0.717) is 46.0 Å². The number of rotatable bonds is 6. The van der Waals surface area contributed by atoms with Crippen LogP contribution in [0.15, 0.2) is 47.1 Å². The number of hydrogen-bond acceptors (Lipinski definition) is 4. The number of benzene rings is 2. The van der Waals surface area contributed by atoms with E-state index in [0.717, 1.165) is 17.1 Å². The van der Waals surface area contributed by atoms with Gasteiger partial charge in [0.2, 0.25) is 0 Å². The van der Waals surface area contributed by atoms with Gasteiger partial charge >= 0.3 is 0 Å². The highest BCUT2D eigenvalue weighted by molar-refractivity contribution is 9.10. The lowest BCUT2D eigenvalue weighted by atomic mass is 9.98. The van der Waals surface area contributed by atoms with Gasteiger partial charge < -0.3 is 9.47 Å². The van der Waals surface area contributed by atoms with Crippen molar-refractivity contribution in [2.75, 3.05) is 13.2 Å². The van der Waals surface area contributed by atoms with Crippen LogP contribution in [-0.4, -0.2) is 24.5 Å². The van der Waals surface area contributed by atoms with E-state index in [-0.39, 0.29) is 0 Å². The van der Waals surface area contributed by atoms with Crippen LogP contribution in [0.2, 0.25) is 0 Å². The van der Waals surface area contributed by atoms with Gasteiger partial charge in [-0.15, -0.1) is 0 Å². The quantitative estimate of drug-likeness (QED) is 0.529. The number of hydrogen-bond donors (Lipinski definition) is 0. The minimum Gasteiger partial charge on any atom is -0.493 e. The van der Waals surface area contributed by atoms with E-state index >= 15 is 0 Å². The zero-order valence-electron chi connectivity index (χ0n) is 14.1. The number of carbonyl (C=O) groups excluding carboxylic acids is 1. The predicted molar refractivity (Wildman–Crippen MR) is 103 cm³/mol. The zero-order chi connectivity index (χ0) is 17.8. The first-order valence-electron chi connectivity index (χ1n) is 8.12. The van der Waals surface area contributed by atoms with Crippen LogP contribution >= 0.6 is 15.9 Å². The molecule has 128 valence electrons. The van der Waals surface area contributed by atoms with Gasteiger partial charge in [0.1, 0.15) is 16.0 Å². The minimum atomic E-state index is 0.463. The third kappa shape index (κ3) is 3.24. The number of pyridine rings is 1. The maximum Gasteiger partial charge on any atom is 0.151 e. The first kappa shape index (κ1) is 17.4. The van der Waals surface area contributed by atoms with Crippen molar-refractivity contribution in [1.82, 2.24) is 4.98 Å². The Morgan fingerprint density at radius 3 is 2.60 bits per heavy atom. The zero-order valence-corrected chi connectivity index (χ0v) is 15.7. The van der Waals surface area contributed by atoms with Crippen LogP contribution in [0, 0.1) is 0 Å². The fourth-order valence-electron chi connectivity index (χ4n) is 2.83. The summed E-state index contributed by atoms with van der Waals surface area (Å²) in [5.74, 6) is 1.15. The van der Waals surface area contributed by atoms with Gasteiger partial charge in [0.25, 0.3) is 0 Å². The highest BCUT2D eigenvalue weighted by atomic mass is 79.9. The molecule has 0 fully saturated rings. The second-order valence-electron chi connectivity index (χ2n) is 5.35. The van der Waals surface area contributed by atoms with Gasteiger partial charge in [-0.25, -0.2) is 0 Å². The third-order valence-corrected chi connectivity index (χ3v) is 4.59. The fraction of sp³-hybridized carbons (Fsp3) is 0.200. The summed E-state index contributed by atoms with van der Waals surface area (Å²) in [4.78, 5) is 16.4. The molecule has 2 aromatic carbocycles. The van der Waals surface area contributed by atoms with Crippen LogP contribution in [0.5, 0.6) is 11.5 Å². The molecule has 0 aliphatic rings. The molecule has 1 heterocycles. The molecule has 0 atom stereocenters. The van der Waals surface area contributed by atoms with Crippen molar-refractivity contribution in [2.45, 2.75) is 13.8 Å². The topological polar surface area (TPSA) is 48.4 Å². The first-order chi connectivity index (χ1) is 12.2. The number of aromatic nitrogens is 1. The summed E-state index contributed by atoms with van der Waals surface area (Å²) in [5, 5.41) is 2.02. The molecule has 0 bridgehead atoms. The van der Waals surface area contributed by atoms with Crippen LogP contribution in [0.25, 0.3) is 22.0 Å². The Hall–Kier alpha value is -2.40. The molecule has 0 saturated carbocycles. The molecule has 0 aliphatic heterocycles. The maximum absolute atomic E-state index is 11.8. The van der Waals surface area contributed by atoms with Crippen molar-refractivity contribution in [1.29, 1.82) is 0 Å². The molecule has 0 aliphatic carbocycles. The average molecular weight is 400 g/mol. The molecule has 0 unspecified atom stereocenters. The van der Waals surface area contributed by atoms with Crippen LogP contribution < -0.4 is 9.47 Å². The van der Waals surface area contributed by atoms with E-state index in [2.05, 4.69) is 20.9 Å². The summed E-state index contributed by atoms with van der Waals surface area (Å²) in [7, 11) is 0. The summed E-state index contributed by atoms with van der Waals surface area (Å²) in [6, 6.07) is 11.6. The van der Waals surface area contributed by atoms with Gasteiger partial charge in [-0.05, 0) is 47.3 Å². The number of carbonyl (C=O) groups is 1. The largest absolute Gasteiger partial charge is 0.493 e. The van der Waals surface area contributed by atoms with Crippen molar-refractivity contribution in [3.05, 3.63) is 52.6 Å². The third-order valence-electron chi connectivity index (χ3n) is 3.84. The smallest absolute Gasteiger partial charge is 0.151 e. The Kier molecular flexibility index (Phi) is 5.34. The van der Waals surface area contributed by atoms with Gasteiger partial charge in [0.05, 0.1) is 24.5 Å². The predicted octanol–water partition coefficient (Wildman–Crippen LogP) is 5.27. The SMILES string of the molecule is CCOc1cc(C=O)c(-c2nccc3ccccc23)c(OCC)c1Br. The van der Waals surface area contributed by atoms with E-state index in [1.165, 1.54) is 0 Å². The molecule has 0 saturated heterocycles.